The van der Waals surface area contributed by atoms with E-state index in [9.17, 15) is 0 Å². The van der Waals surface area contributed by atoms with Gasteiger partial charge in [-0.2, -0.15) is 0 Å². The van der Waals surface area contributed by atoms with Crippen LogP contribution in [-0.2, 0) is 4.74 Å². The molecule has 0 heterocycles. The summed E-state index contributed by atoms with van der Waals surface area (Å²) in [5.41, 5.74) is 5.35. The summed E-state index contributed by atoms with van der Waals surface area (Å²) in [5, 5.41) is 11.8. The number of nitrogens with two attached hydrogens (primary N) is 1. The van der Waals surface area contributed by atoms with Gasteiger partial charge >= 0.3 is 0 Å². The average molecular weight is 256 g/mol. The Morgan fingerprint density at radius 1 is 1.28 bits per heavy atom. The van der Waals surface area contributed by atoms with Gasteiger partial charge in [-0.15, -0.1) is 0 Å². The highest BCUT2D eigenvalue weighted by molar-refractivity contribution is 5.85. The zero-order valence-corrected chi connectivity index (χ0v) is 12.1. The highest BCUT2D eigenvalue weighted by Crippen LogP contribution is 2.31. The van der Waals surface area contributed by atoms with Gasteiger partial charge in [-0.1, -0.05) is 32.9 Å². The van der Waals surface area contributed by atoms with Crippen LogP contribution in [0.3, 0.4) is 0 Å². The molecule has 0 saturated heterocycles. The largest absolute Gasteiger partial charge is 0.409 e. The molecule has 4 nitrogen and oxygen atoms in total. The van der Waals surface area contributed by atoms with Gasteiger partial charge in [0.2, 0.25) is 0 Å². The number of hydrogen-bond donors (Lipinski definition) is 2. The second-order valence-electron chi connectivity index (χ2n) is 6.53. The third-order valence-corrected chi connectivity index (χ3v) is 4.02. The number of nitrogens with zero attached hydrogens (tertiary/aromatic N) is 1. The number of ether oxygens (including phenoxy) is 1. The summed E-state index contributed by atoms with van der Waals surface area (Å²) in [6.45, 7) is 9.21. The highest BCUT2D eigenvalue weighted by atomic mass is 16.5. The van der Waals surface area contributed by atoms with E-state index in [-0.39, 0.29) is 11.3 Å². The number of rotatable bonds is 5. The molecule has 0 amide bonds. The molecule has 0 spiro atoms. The van der Waals surface area contributed by atoms with Crippen molar-refractivity contribution in [3.63, 3.8) is 0 Å². The molecular formula is C14H28N2O2. The second-order valence-corrected chi connectivity index (χ2v) is 6.53. The number of amidine groups is 1. The molecule has 3 N–H and O–H groups in total. The zero-order valence-electron chi connectivity index (χ0n) is 12.1. The van der Waals surface area contributed by atoms with Crippen LogP contribution in [0.15, 0.2) is 5.16 Å². The molecule has 0 aliphatic heterocycles. The van der Waals surface area contributed by atoms with Crippen LogP contribution in [0.4, 0.5) is 0 Å². The van der Waals surface area contributed by atoms with Gasteiger partial charge in [0.15, 0.2) is 0 Å². The van der Waals surface area contributed by atoms with Crippen LogP contribution in [0.25, 0.3) is 0 Å². The number of oxime groups is 1. The van der Waals surface area contributed by atoms with E-state index in [0.29, 0.717) is 12.7 Å². The third-order valence-electron chi connectivity index (χ3n) is 4.02. The van der Waals surface area contributed by atoms with Crippen molar-refractivity contribution >= 4 is 5.84 Å². The normalized spacial score (nSPS) is 30.4. The fraction of sp³-hybridized carbons (Fsp3) is 0.929. The van der Waals surface area contributed by atoms with Crippen LogP contribution >= 0.6 is 0 Å². The molecule has 0 bridgehead atoms. The van der Waals surface area contributed by atoms with Crippen molar-refractivity contribution in [1.82, 2.24) is 0 Å². The molecule has 2 unspecified atom stereocenters. The molecule has 1 saturated carbocycles. The van der Waals surface area contributed by atoms with Gasteiger partial charge in [0.25, 0.3) is 0 Å². The minimum Gasteiger partial charge on any atom is -0.409 e. The molecule has 106 valence electrons. The van der Waals surface area contributed by atoms with Crippen molar-refractivity contribution < 1.29 is 9.94 Å². The topological polar surface area (TPSA) is 67.8 Å². The van der Waals surface area contributed by atoms with Crippen LogP contribution in [0.2, 0.25) is 0 Å². The van der Waals surface area contributed by atoms with E-state index >= 15 is 0 Å². The first kappa shape index (κ1) is 15.3. The fourth-order valence-electron chi connectivity index (χ4n) is 2.75. The second kappa shape index (κ2) is 6.41. The molecule has 1 aliphatic carbocycles. The molecule has 1 rings (SSSR count). The maximum absolute atomic E-state index is 8.71. The molecule has 1 fully saturated rings. The first-order chi connectivity index (χ1) is 8.35. The van der Waals surface area contributed by atoms with E-state index in [1.165, 1.54) is 6.42 Å². The van der Waals surface area contributed by atoms with Crippen LogP contribution in [0.1, 0.15) is 53.4 Å². The Kier molecular flexibility index (Phi) is 5.45. The van der Waals surface area contributed by atoms with Crippen LogP contribution in [0, 0.1) is 17.3 Å². The lowest BCUT2D eigenvalue weighted by Gasteiger charge is -2.32. The molecule has 0 aromatic rings. The van der Waals surface area contributed by atoms with Crippen molar-refractivity contribution in [1.29, 1.82) is 0 Å². The Balaban J connectivity index is 2.33. The van der Waals surface area contributed by atoms with E-state index in [2.05, 4.69) is 19.0 Å². The first-order valence-corrected chi connectivity index (χ1v) is 6.94. The van der Waals surface area contributed by atoms with Crippen molar-refractivity contribution in [2.75, 3.05) is 6.61 Å². The van der Waals surface area contributed by atoms with Crippen LogP contribution < -0.4 is 5.73 Å². The lowest BCUT2D eigenvalue weighted by Crippen LogP contribution is -2.34. The average Bonchev–Trinajstić information content (AvgIpc) is 2.26. The maximum Gasteiger partial charge on any atom is 0.144 e. The molecule has 18 heavy (non-hydrogen) atoms. The standard InChI is InChI=1S/C14H28N2O2/c1-10-7-11(2)9-12(8-10)18-6-5-14(3,4)13(15)16-17/h10-12,17H,5-9H2,1-4H3,(H2,15,16). The SMILES string of the molecule is CC1CC(C)CC(OCCC(C)(C)C(N)=NO)C1. The zero-order chi connectivity index (χ0) is 13.8. The minimum absolute atomic E-state index is 0.275. The lowest BCUT2D eigenvalue weighted by atomic mass is 9.81. The predicted octanol–water partition coefficient (Wildman–Crippen LogP) is 2.99. The number of hydrogen-bond acceptors (Lipinski definition) is 3. The van der Waals surface area contributed by atoms with Gasteiger partial charge in [-0.05, 0) is 37.5 Å². The lowest BCUT2D eigenvalue weighted by molar-refractivity contribution is -0.00593. The summed E-state index contributed by atoms with van der Waals surface area (Å²) in [5.74, 6) is 1.79. The van der Waals surface area contributed by atoms with Crippen LogP contribution in [-0.4, -0.2) is 23.8 Å². The van der Waals surface area contributed by atoms with Crippen molar-refractivity contribution in [3.8, 4) is 0 Å². The summed E-state index contributed by atoms with van der Waals surface area (Å²) in [7, 11) is 0. The molecule has 2 atom stereocenters. The summed E-state index contributed by atoms with van der Waals surface area (Å²) >= 11 is 0. The van der Waals surface area contributed by atoms with Crippen molar-refractivity contribution in [2.24, 2.45) is 28.1 Å². The van der Waals surface area contributed by atoms with Gasteiger partial charge in [0, 0.05) is 12.0 Å². The summed E-state index contributed by atoms with van der Waals surface area (Å²) in [6.07, 6.45) is 4.80. The van der Waals surface area contributed by atoms with Gasteiger partial charge < -0.3 is 15.7 Å². The Labute approximate surface area is 111 Å². The Morgan fingerprint density at radius 2 is 1.83 bits per heavy atom. The molecule has 1 aliphatic rings. The summed E-state index contributed by atoms with van der Waals surface area (Å²) in [4.78, 5) is 0. The van der Waals surface area contributed by atoms with Gasteiger partial charge in [-0.3, -0.25) is 0 Å². The van der Waals surface area contributed by atoms with Gasteiger partial charge in [0.05, 0.1) is 6.10 Å². The monoisotopic (exact) mass is 256 g/mol. The van der Waals surface area contributed by atoms with E-state index < -0.39 is 0 Å². The smallest absolute Gasteiger partial charge is 0.144 e. The predicted molar refractivity (Wildman–Crippen MR) is 73.7 cm³/mol. The van der Waals surface area contributed by atoms with Crippen LogP contribution in [0.5, 0.6) is 0 Å². The highest BCUT2D eigenvalue weighted by Gasteiger charge is 2.27. The molecule has 0 radical (unpaired) electrons. The quantitative estimate of drug-likeness (QED) is 0.344. The Bertz CT molecular complexity index is 280. The van der Waals surface area contributed by atoms with E-state index in [1.54, 1.807) is 0 Å². The van der Waals surface area contributed by atoms with Crippen molar-refractivity contribution in [2.45, 2.75) is 59.5 Å². The van der Waals surface area contributed by atoms with E-state index in [1.807, 2.05) is 13.8 Å². The molecular weight excluding hydrogens is 228 g/mol. The maximum atomic E-state index is 8.71. The Morgan fingerprint density at radius 3 is 2.33 bits per heavy atom. The van der Waals surface area contributed by atoms with Gasteiger partial charge in [-0.25, -0.2) is 0 Å². The van der Waals surface area contributed by atoms with E-state index in [4.69, 9.17) is 15.7 Å². The first-order valence-electron chi connectivity index (χ1n) is 6.94. The molecule has 4 heteroatoms. The third kappa shape index (κ3) is 4.48. The van der Waals surface area contributed by atoms with Gasteiger partial charge in [0.1, 0.15) is 5.84 Å². The fourth-order valence-corrected chi connectivity index (χ4v) is 2.75. The van der Waals surface area contributed by atoms with Crippen molar-refractivity contribution in [3.05, 3.63) is 0 Å². The minimum atomic E-state index is -0.305. The molecule has 0 aromatic carbocycles. The molecule has 0 aromatic heterocycles. The summed E-state index contributed by atoms with van der Waals surface area (Å²) in [6, 6.07) is 0. The van der Waals surface area contributed by atoms with E-state index in [0.717, 1.165) is 31.1 Å². The Hall–Kier alpha value is -0.770. The summed E-state index contributed by atoms with van der Waals surface area (Å²) < 4.78 is 5.96.